The zero-order valence-electron chi connectivity index (χ0n) is 18.3. The Morgan fingerprint density at radius 1 is 1.03 bits per heavy atom. The van der Waals surface area contributed by atoms with Gasteiger partial charge in [0.25, 0.3) is 10.0 Å². The van der Waals surface area contributed by atoms with Crippen LogP contribution in [0.1, 0.15) is 33.5 Å². The van der Waals surface area contributed by atoms with Crippen LogP contribution in [-0.2, 0) is 34.0 Å². The summed E-state index contributed by atoms with van der Waals surface area (Å²) in [5, 5.41) is -0.0357. The highest BCUT2D eigenvalue weighted by Crippen LogP contribution is 2.39. The van der Waals surface area contributed by atoms with Crippen LogP contribution in [0.2, 0.25) is 5.02 Å². The predicted octanol–water partition coefficient (Wildman–Crippen LogP) is 5.16. The van der Waals surface area contributed by atoms with Gasteiger partial charge in [0.15, 0.2) is 5.75 Å². The average Bonchev–Trinajstić information content (AvgIpc) is 3.26. The van der Waals surface area contributed by atoms with Crippen LogP contribution in [0.15, 0.2) is 47.4 Å². The molecule has 1 aliphatic carbocycles. The van der Waals surface area contributed by atoms with E-state index < -0.39 is 21.8 Å². The van der Waals surface area contributed by atoms with Crippen LogP contribution in [0.25, 0.3) is 11.1 Å². The van der Waals surface area contributed by atoms with Crippen molar-refractivity contribution in [1.82, 2.24) is 0 Å². The Kier molecular flexibility index (Phi) is 5.73. The summed E-state index contributed by atoms with van der Waals surface area (Å²) in [5.41, 5.74) is 4.79. The number of ether oxygens (including phenoxy) is 2. The van der Waals surface area contributed by atoms with Gasteiger partial charge in [-0.3, -0.25) is 4.72 Å². The average molecular weight is 502 g/mol. The Bertz CT molecular complexity index is 1440. The normalized spacial score (nSPS) is 16.5. The number of carbonyl (C=O) groups excluding carboxylic acids is 1. The molecule has 34 heavy (non-hydrogen) atoms. The molecule has 1 heterocycles. The summed E-state index contributed by atoms with van der Waals surface area (Å²) in [4.78, 5) is 12.4. The standard InChI is InChI=1S/C25H21ClFNO5S/c1-32-24-22(26)11-16-12-23(24)34(30,31)28-18-10-14-3-2-4-19(14)21(13-18)20-6-5-17(27)9-15(20)7-8-33-25(16)29/h5-6,9-13,28H,2-4,7-8H2,1H3. The second-order valence-corrected chi connectivity index (χ2v) is 10.4. The number of carbonyl (C=O) groups is 1. The van der Waals surface area contributed by atoms with E-state index in [4.69, 9.17) is 21.1 Å². The molecule has 0 atom stereocenters. The first-order chi connectivity index (χ1) is 16.3. The molecule has 0 saturated carbocycles. The maximum Gasteiger partial charge on any atom is 0.338 e. The predicted molar refractivity (Wildman–Crippen MR) is 127 cm³/mol. The minimum atomic E-state index is -4.19. The minimum absolute atomic E-state index is 0.0127. The van der Waals surface area contributed by atoms with E-state index in [-0.39, 0.29) is 27.8 Å². The Morgan fingerprint density at radius 2 is 1.85 bits per heavy atom. The van der Waals surface area contributed by atoms with Crippen LogP contribution in [0, 0.1) is 5.82 Å². The van der Waals surface area contributed by atoms with E-state index >= 15 is 0 Å². The molecule has 5 rings (SSSR count). The highest BCUT2D eigenvalue weighted by atomic mass is 35.5. The number of sulfonamides is 1. The van der Waals surface area contributed by atoms with E-state index in [2.05, 4.69) is 4.72 Å². The third kappa shape index (κ3) is 4.01. The number of aryl methyl sites for hydroxylation is 1. The third-order valence-electron chi connectivity index (χ3n) is 6.17. The van der Waals surface area contributed by atoms with Crippen molar-refractivity contribution in [2.24, 2.45) is 0 Å². The van der Waals surface area contributed by atoms with Crippen molar-refractivity contribution >= 4 is 33.3 Å². The van der Waals surface area contributed by atoms with Crippen molar-refractivity contribution in [3.05, 3.63) is 75.6 Å². The molecule has 3 aromatic rings. The zero-order chi connectivity index (χ0) is 24.0. The van der Waals surface area contributed by atoms with E-state index in [1.165, 1.54) is 31.4 Å². The Hall–Kier alpha value is -3.10. The number of rotatable bonds is 1. The van der Waals surface area contributed by atoms with Crippen LogP contribution in [0.4, 0.5) is 10.1 Å². The first kappa shape index (κ1) is 22.7. The van der Waals surface area contributed by atoms with Crippen LogP contribution in [-0.4, -0.2) is 28.1 Å². The van der Waals surface area contributed by atoms with Crippen molar-refractivity contribution < 1.29 is 27.1 Å². The van der Waals surface area contributed by atoms with Crippen molar-refractivity contribution in [3.63, 3.8) is 0 Å². The second-order valence-electron chi connectivity index (χ2n) is 8.30. The molecule has 4 bridgehead atoms. The number of anilines is 1. The molecule has 0 fully saturated rings. The number of esters is 1. The van der Waals surface area contributed by atoms with E-state index in [1.807, 2.05) is 6.07 Å². The molecule has 6 nitrogen and oxygen atoms in total. The molecule has 2 aliphatic rings. The number of hydrogen-bond donors (Lipinski definition) is 1. The molecule has 9 heteroatoms. The molecule has 0 amide bonds. The lowest BCUT2D eigenvalue weighted by atomic mass is 9.91. The zero-order valence-corrected chi connectivity index (χ0v) is 19.9. The lowest BCUT2D eigenvalue weighted by Crippen LogP contribution is -2.17. The molecule has 1 N–H and O–H groups in total. The fourth-order valence-corrected chi connectivity index (χ4v) is 6.28. The fraction of sp³-hybridized carbons (Fsp3) is 0.240. The largest absolute Gasteiger partial charge is 0.494 e. The molecule has 0 saturated heterocycles. The van der Waals surface area contributed by atoms with Gasteiger partial charge < -0.3 is 9.47 Å². The molecule has 3 aromatic carbocycles. The molecule has 0 aromatic heterocycles. The van der Waals surface area contributed by atoms with Gasteiger partial charge in [0, 0.05) is 12.1 Å². The number of methoxy groups -OCH3 is 1. The summed E-state index contributed by atoms with van der Waals surface area (Å²) in [7, 11) is -2.88. The number of halogens is 2. The summed E-state index contributed by atoms with van der Waals surface area (Å²) < 4.78 is 54.2. The van der Waals surface area contributed by atoms with Gasteiger partial charge in [-0.1, -0.05) is 17.7 Å². The maximum absolute atomic E-state index is 14.1. The molecule has 0 spiro atoms. The van der Waals surface area contributed by atoms with E-state index in [0.29, 0.717) is 17.7 Å². The fourth-order valence-electron chi connectivity index (χ4n) is 4.67. The number of cyclic esters (lactones) is 1. The van der Waals surface area contributed by atoms with Crippen LogP contribution in [0.5, 0.6) is 5.75 Å². The number of fused-ring (bicyclic) bond motifs is 8. The minimum Gasteiger partial charge on any atom is -0.494 e. The first-order valence-corrected chi connectivity index (χ1v) is 12.6. The van der Waals surface area contributed by atoms with Gasteiger partial charge in [-0.15, -0.1) is 0 Å². The monoisotopic (exact) mass is 501 g/mol. The van der Waals surface area contributed by atoms with Crippen molar-refractivity contribution in [3.8, 4) is 16.9 Å². The summed E-state index contributed by atoms with van der Waals surface area (Å²) in [6, 6.07) is 10.6. The summed E-state index contributed by atoms with van der Waals surface area (Å²) in [5.74, 6) is -1.21. The van der Waals surface area contributed by atoms with Crippen LogP contribution >= 0.6 is 11.6 Å². The third-order valence-corrected chi connectivity index (χ3v) is 7.84. The summed E-state index contributed by atoms with van der Waals surface area (Å²) >= 11 is 6.25. The quantitative estimate of drug-likeness (QED) is 0.466. The van der Waals surface area contributed by atoms with Crippen molar-refractivity contribution in [2.45, 2.75) is 30.6 Å². The molecular weight excluding hydrogens is 481 g/mol. The summed E-state index contributed by atoms with van der Waals surface area (Å²) in [6.07, 6.45) is 2.89. The van der Waals surface area contributed by atoms with E-state index in [1.54, 1.807) is 12.1 Å². The van der Waals surface area contributed by atoms with Gasteiger partial charge >= 0.3 is 5.97 Å². The number of benzene rings is 3. The van der Waals surface area contributed by atoms with E-state index in [9.17, 15) is 17.6 Å². The molecule has 1 aliphatic heterocycles. The van der Waals surface area contributed by atoms with Gasteiger partial charge in [-0.05, 0) is 83.5 Å². The highest BCUT2D eigenvalue weighted by molar-refractivity contribution is 7.92. The molecule has 176 valence electrons. The van der Waals surface area contributed by atoms with Gasteiger partial charge in [0.1, 0.15) is 10.7 Å². The Balaban J connectivity index is 1.75. The molecule has 0 radical (unpaired) electrons. The first-order valence-electron chi connectivity index (χ1n) is 10.8. The lowest BCUT2D eigenvalue weighted by molar-refractivity contribution is 0.0509. The Labute approximate surface area is 201 Å². The van der Waals surface area contributed by atoms with Gasteiger partial charge in [-0.25, -0.2) is 17.6 Å². The van der Waals surface area contributed by atoms with Gasteiger partial charge in [-0.2, -0.15) is 0 Å². The number of hydrogen-bond acceptors (Lipinski definition) is 5. The maximum atomic E-state index is 14.1. The number of nitrogens with one attached hydrogen (secondary N) is 1. The smallest absolute Gasteiger partial charge is 0.338 e. The Morgan fingerprint density at radius 3 is 2.65 bits per heavy atom. The highest BCUT2D eigenvalue weighted by Gasteiger charge is 2.27. The molecular formula is C25H21ClFNO5S. The van der Waals surface area contributed by atoms with Gasteiger partial charge in [0.2, 0.25) is 0 Å². The topological polar surface area (TPSA) is 81.7 Å². The van der Waals surface area contributed by atoms with Crippen LogP contribution in [0.3, 0.4) is 0 Å². The SMILES string of the molecule is COc1c(Cl)cc2cc1S(=O)(=O)Nc1cc3c(c(c1)-c1ccc(F)cc1CCOC2=O)CCC3. The lowest BCUT2D eigenvalue weighted by Gasteiger charge is -2.19. The molecule has 0 unspecified atom stereocenters. The van der Waals surface area contributed by atoms with Crippen molar-refractivity contribution in [2.75, 3.05) is 18.4 Å². The van der Waals surface area contributed by atoms with Crippen molar-refractivity contribution in [1.29, 1.82) is 0 Å². The second kappa shape index (κ2) is 8.60. The van der Waals surface area contributed by atoms with Crippen LogP contribution < -0.4 is 9.46 Å². The van der Waals surface area contributed by atoms with Gasteiger partial charge in [0.05, 0.1) is 24.3 Å². The summed E-state index contributed by atoms with van der Waals surface area (Å²) in [6.45, 7) is -0.0127. The van der Waals surface area contributed by atoms with E-state index in [0.717, 1.165) is 41.5 Å².